The second kappa shape index (κ2) is 11.2. The van der Waals surface area contributed by atoms with Gasteiger partial charge in [0.15, 0.2) is 17.5 Å². The topological polar surface area (TPSA) is 114 Å². The molecule has 38 heavy (non-hydrogen) atoms. The highest BCUT2D eigenvalue weighted by atomic mass is 19.4. The monoisotopic (exact) mass is 528 g/mol. The number of anilines is 1. The van der Waals surface area contributed by atoms with Crippen LogP contribution < -0.4 is 4.90 Å². The fourth-order valence-corrected chi connectivity index (χ4v) is 3.93. The number of carbonyl (C=O) groups excluding carboxylic acids is 1. The largest absolute Gasteiger partial charge is 0.481 e. The van der Waals surface area contributed by atoms with E-state index in [1.54, 1.807) is 12.1 Å². The molecule has 0 spiro atoms. The van der Waals surface area contributed by atoms with Gasteiger partial charge in [0.1, 0.15) is 5.82 Å². The lowest BCUT2D eigenvalue weighted by molar-refractivity contribution is -0.138. The molecule has 0 saturated carbocycles. The van der Waals surface area contributed by atoms with Crippen LogP contribution in [0.4, 0.5) is 23.4 Å². The third-order valence-corrected chi connectivity index (χ3v) is 5.63. The lowest BCUT2D eigenvalue weighted by Crippen LogP contribution is -2.37. The average molecular weight is 528 g/mol. The zero-order chi connectivity index (χ0) is 27.3. The maximum atomic E-state index is 13.8. The molecular weight excluding hydrogens is 508 g/mol. The minimum Gasteiger partial charge on any atom is -0.481 e. The standard InChI is InChI=1S/C25H20F4N6O3/c26-16-13-31-21(32-14-16)9-8-17(11-24(37)38)34(15-36)23-12-20(35(33-23)22-7-3-4-10-30-22)18-5-1-2-6-19(18)25(27,28)29/h1-7,10,12-15,17H,8-9,11H2,(H,37,38)/t17-/m0/s1. The third kappa shape index (κ3) is 5.99. The van der Waals surface area contributed by atoms with Gasteiger partial charge in [-0.3, -0.25) is 14.5 Å². The maximum absolute atomic E-state index is 13.8. The maximum Gasteiger partial charge on any atom is 0.417 e. The van der Waals surface area contributed by atoms with Crippen LogP contribution in [-0.2, 0) is 22.2 Å². The number of benzene rings is 1. The summed E-state index contributed by atoms with van der Waals surface area (Å²) in [6.07, 6.45) is -1.29. The van der Waals surface area contributed by atoms with Crippen LogP contribution in [0.15, 0.2) is 67.1 Å². The van der Waals surface area contributed by atoms with Crippen LogP contribution >= 0.6 is 0 Å². The number of carboxylic acids is 1. The average Bonchev–Trinajstić information content (AvgIpc) is 3.33. The van der Waals surface area contributed by atoms with Gasteiger partial charge >= 0.3 is 12.1 Å². The molecule has 1 N–H and O–H groups in total. The number of aryl methyl sites for hydroxylation is 1. The Kier molecular flexibility index (Phi) is 7.74. The Balaban J connectivity index is 1.78. The van der Waals surface area contributed by atoms with Crippen molar-refractivity contribution in [3.05, 3.63) is 84.3 Å². The number of aromatic nitrogens is 5. The van der Waals surface area contributed by atoms with Gasteiger partial charge in [-0.15, -0.1) is 5.10 Å². The van der Waals surface area contributed by atoms with Gasteiger partial charge in [0.2, 0.25) is 6.41 Å². The third-order valence-electron chi connectivity index (χ3n) is 5.63. The van der Waals surface area contributed by atoms with Crippen LogP contribution in [0, 0.1) is 5.82 Å². The summed E-state index contributed by atoms with van der Waals surface area (Å²) < 4.78 is 55.8. The Bertz CT molecular complexity index is 1410. The van der Waals surface area contributed by atoms with E-state index in [0.717, 1.165) is 28.0 Å². The van der Waals surface area contributed by atoms with Gasteiger partial charge in [-0.25, -0.2) is 24.0 Å². The van der Waals surface area contributed by atoms with Crippen LogP contribution in [0.2, 0.25) is 0 Å². The summed E-state index contributed by atoms with van der Waals surface area (Å²) in [6, 6.07) is 9.98. The highest BCUT2D eigenvalue weighted by Gasteiger charge is 2.35. The van der Waals surface area contributed by atoms with Gasteiger partial charge in [0.25, 0.3) is 0 Å². The SMILES string of the molecule is O=CN(c1cc(-c2ccccc2C(F)(F)F)n(-c2ccccn2)n1)[C@@H](CCc1ncc(F)cn1)CC(=O)O. The summed E-state index contributed by atoms with van der Waals surface area (Å²) in [5.74, 6) is -1.52. The summed E-state index contributed by atoms with van der Waals surface area (Å²) in [4.78, 5) is 36.7. The summed E-state index contributed by atoms with van der Waals surface area (Å²) in [7, 11) is 0. The predicted molar refractivity (Wildman–Crippen MR) is 127 cm³/mol. The minimum absolute atomic E-state index is 0.00517. The molecule has 0 radical (unpaired) electrons. The number of nitrogens with zero attached hydrogens (tertiary/aromatic N) is 6. The first-order chi connectivity index (χ1) is 18.2. The number of carboxylic acid groups (broad SMARTS) is 1. The van der Waals surface area contributed by atoms with Crippen molar-refractivity contribution in [2.45, 2.75) is 31.5 Å². The van der Waals surface area contributed by atoms with Crippen molar-refractivity contribution < 1.29 is 32.3 Å². The molecule has 4 rings (SSSR count). The predicted octanol–water partition coefficient (Wildman–Crippen LogP) is 4.32. The van der Waals surface area contributed by atoms with E-state index in [0.29, 0.717) is 6.41 Å². The number of halogens is 4. The Hall–Kier alpha value is -4.68. The van der Waals surface area contributed by atoms with E-state index in [9.17, 15) is 32.3 Å². The molecule has 0 aliphatic carbocycles. The minimum atomic E-state index is -4.68. The number of amides is 1. The van der Waals surface area contributed by atoms with Gasteiger partial charge in [0, 0.05) is 30.3 Å². The van der Waals surface area contributed by atoms with Crippen LogP contribution in [0.5, 0.6) is 0 Å². The second-order valence-electron chi connectivity index (χ2n) is 8.15. The lowest BCUT2D eigenvalue weighted by Gasteiger charge is -2.25. The summed E-state index contributed by atoms with van der Waals surface area (Å²) in [5, 5.41) is 13.8. The van der Waals surface area contributed by atoms with Crippen LogP contribution in [0.25, 0.3) is 17.1 Å². The molecule has 0 aliphatic rings. The number of alkyl halides is 3. The van der Waals surface area contributed by atoms with Crippen LogP contribution in [0.1, 0.15) is 24.2 Å². The molecule has 13 heteroatoms. The molecule has 196 valence electrons. The molecule has 9 nitrogen and oxygen atoms in total. The van der Waals surface area contributed by atoms with Crippen molar-refractivity contribution in [1.82, 2.24) is 24.7 Å². The number of carbonyl (C=O) groups is 2. The Morgan fingerprint density at radius 2 is 1.79 bits per heavy atom. The van der Waals surface area contributed by atoms with Crippen molar-refractivity contribution in [2.75, 3.05) is 4.90 Å². The van der Waals surface area contributed by atoms with Crippen LogP contribution in [0.3, 0.4) is 0 Å². The van der Waals surface area contributed by atoms with Crippen molar-refractivity contribution >= 4 is 18.2 Å². The first kappa shape index (κ1) is 26.4. The van der Waals surface area contributed by atoms with Gasteiger partial charge < -0.3 is 5.11 Å². The van der Waals surface area contributed by atoms with Crippen molar-refractivity contribution in [3.63, 3.8) is 0 Å². The molecule has 0 bridgehead atoms. The Labute approximate surface area is 213 Å². The molecule has 0 unspecified atom stereocenters. The van der Waals surface area contributed by atoms with Crippen LogP contribution in [-0.4, -0.2) is 48.3 Å². The first-order valence-corrected chi connectivity index (χ1v) is 11.3. The number of pyridine rings is 1. The zero-order valence-corrected chi connectivity index (χ0v) is 19.6. The summed E-state index contributed by atoms with van der Waals surface area (Å²) >= 11 is 0. The molecule has 1 atom stereocenters. The van der Waals surface area contributed by atoms with Crippen molar-refractivity contribution in [3.8, 4) is 17.1 Å². The normalized spacial score (nSPS) is 12.2. The molecule has 3 heterocycles. The number of aliphatic carboxylic acids is 1. The lowest BCUT2D eigenvalue weighted by atomic mass is 10.0. The zero-order valence-electron chi connectivity index (χ0n) is 19.6. The van der Waals surface area contributed by atoms with Crippen molar-refractivity contribution in [2.24, 2.45) is 0 Å². The van der Waals surface area contributed by atoms with Gasteiger partial charge in [-0.05, 0) is 24.6 Å². The first-order valence-electron chi connectivity index (χ1n) is 11.3. The fourth-order valence-electron chi connectivity index (χ4n) is 3.93. The quantitative estimate of drug-likeness (QED) is 0.241. The Morgan fingerprint density at radius 3 is 2.42 bits per heavy atom. The van der Waals surface area contributed by atoms with E-state index < -0.39 is 36.0 Å². The molecule has 4 aromatic rings. The van der Waals surface area contributed by atoms with E-state index in [4.69, 9.17) is 0 Å². The van der Waals surface area contributed by atoms with E-state index in [2.05, 4.69) is 20.1 Å². The number of hydrogen-bond acceptors (Lipinski definition) is 6. The molecule has 1 aromatic carbocycles. The molecule has 0 fully saturated rings. The Morgan fingerprint density at radius 1 is 1.08 bits per heavy atom. The summed E-state index contributed by atoms with van der Waals surface area (Å²) in [6.45, 7) is 0. The molecule has 0 aliphatic heterocycles. The van der Waals surface area contributed by atoms with Crippen molar-refractivity contribution in [1.29, 1.82) is 0 Å². The fraction of sp³-hybridized carbons (Fsp3) is 0.200. The summed E-state index contributed by atoms with van der Waals surface area (Å²) in [5.41, 5.74) is -1.13. The van der Waals surface area contributed by atoms with E-state index in [1.165, 1.54) is 36.5 Å². The highest BCUT2D eigenvalue weighted by molar-refractivity contribution is 5.80. The molecule has 3 aromatic heterocycles. The van der Waals surface area contributed by atoms with E-state index in [1.807, 2.05) is 0 Å². The molecular formula is C25H20F4N6O3. The second-order valence-corrected chi connectivity index (χ2v) is 8.15. The van der Waals surface area contributed by atoms with Gasteiger partial charge in [-0.1, -0.05) is 24.3 Å². The number of rotatable bonds is 10. The van der Waals surface area contributed by atoms with E-state index in [-0.39, 0.29) is 41.6 Å². The molecule has 1 amide bonds. The number of hydrogen-bond donors (Lipinski definition) is 1. The smallest absolute Gasteiger partial charge is 0.417 e. The van der Waals surface area contributed by atoms with Gasteiger partial charge in [0.05, 0.1) is 30.1 Å². The van der Waals surface area contributed by atoms with E-state index >= 15 is 0 Å². The highest BCUT2D eigenvalue weighted by Crippen LogP contribution is 2.38. The molecule has 0 saturated heterocycles. The van der Waals surface area contributed by atoms with Gasteiger partial charge in [-0.2, -0.15) is 13.2 Å².